The Balaban J connectivity index is 2.55. The Labute approximate surface area is 127 Å². The summed E-state index contributed by atoms with van der Waals surface area (Å²) in [6.07, 6.45) is 0.623. The van der Waals surface area contributed by atoms with E-state index in [1.165, 1.54) is 7.11 Å². The number of ether oxygens (including phenoxy) is 1. The molecule has 0 bridgehead atoms. The van der Waals surface area contributed by atoms with Crippen molar-refractivity contribution in [3.63, 3.8) is 0 Å². The van der Waals surface area contributed by atoms with E-state index in [9.17, 15) is 5.11 Å². The highest BCUT2D eigenvalue weighted by atomic mass is 35.5. The van der Waals surface area contributed by atoms with Gasteiger partial charge in [0.1, 0.15) is 11.8 Å². The highest BCUT2D eigenvalue weighted by Crippen LogP contribution is 2.35. The van der Waals surface area contributed by atoms with Crippen molar-refractivity contribution in [2.45, 2.75) is 26.0 Å². The van der Waals surface area contributed by atoms with E-state index < -0.39 is 6.10 Å². The first-order chi connectivity index (χ1) is 9.45. The molecule has 1 atom stereocenters. The maximum Gasteiger partial charge on any atom is 0.163 e. The Kier molecular flexibility index (Phi) is 4.58. The lowest BCUT2D eigenvalue weighted by Crippen LogP contribution is -2.13. The molecule has 2 rings (SSSR count). The summed E-state index contributed by atoms with van der Waals surface area (Å²) in [5.74, 6) is 0.516. The van der Waals surface area contributed by atoms with E-state index in [-0.39, 0.29) is 6.04 Å². The molecule has 0 aliphatic heterocycles. The van der Waals surface area contributed by atoms with Gasteiger partial charge in [0.25, 0.3) is 0 Å². The van der Waals surface area contributed by atoms with Gasteiger partial charge < -0.3 is 9.84 Å². The molecule has 0 spiro atoms. The number of aliphatic hydroxyl groups excluding tert-OH is 1. The summed E-state index contributed by atoms with van der Waals surface area (Å²) in [6, 6.07) is 5.06. The first-order valence-corrected chi connectivity index (χ1v) is 6.95. The predicted molar refractivity (Wildman–Crippen MR) is 79.7 cm³/mol. The van der Waals surface area contributed by atoms with E-state index >= 15 is 0 Å². The zero-order chi connectivity index (χ0) is 14.9. The molecule has 1 aromatic carbocycles. The number of aromatic nitrogens is 2. The summed E-state index contributed by atoms with van der Waals surface area (Å²) in [5, 5.41) is 15.8. The second kappa shape index (κ2) is 6.04. The molecule has 0 fully saturated rings. The van der Waals surface area contributed by atoms with Gasteiger partial charge in [-0.05, 0) is 32.0 Å². The van der Waals surface area contributed by atoms with Crippen molar-refractivity contribution in [3.8, 4) is 5.75 Å². The van der Waals surface area contributed by atoms with Crippen molar-refractivity contribution in [1.82, 2.24) is 9.78 Å². The number of benzene rings is 1. The lowest BCUT2D eigenvalue weighted by Gasteiger charge is -2.18. The van der Waals surface area contributed by atoms with Gasteiger partial charge in [-0.1, -0.05) is 23.2 Å². The van der Waals surface area contributed by atoms with Crippen LogP contribution in [0.4, 0.5) is 0 Å². The number of hydrogen-bond donors (Lipinski definition) is 1. The second-order valence-corrected chi connectivity index (χ2v) is 5.55. The first-order valence-electron chi connectivity index (χ1n) is 6.20. The van der Waals surface area contributed by atoms with Crippen molar-refractivity contribution in [2.24, 2.45) is 0 Å². The van der Waals surface area contributed by atoms with E-state index in [0.29, 0.717) is 27.1 Å². The summed E-state index contributed by atoms with van der Waals surface area (Å²) >= 11 is 12.1. The fourth-order valence-electron chi connectivity index (χ4n) is 2.06. The fourth-order valence-corrected chi connectivity index (χ4v) is 2.46. The van der Waals surface area contributed by atoms with E-state index in [1.807, 2.05) is 13.8 Å². The summed E-state index contributed by atoms with van der Waals surface area (Å²) in [4.78, 5) is 0. The van der Waals surface area contributed by atoms with Crippen molar-refractivity contribution in [3.05, 3.63) is 45.7 Å². The number of rotatable bonds is 4. The van der Waals surface area contributed by atoms with Gasteiger partial charge in [-0.15, -0.1) is 0 Å². The van der Waals surface area contributed by atoms with Crippen molar-refractivity contribution >= 4 is 23.2 Å². The minimum Gasteiger partial charge on any atom is -0.493 e. The molecule has 4 nitrogen and oxygen atoms in total. The third-order valence-electron chi connectivity index (χ3n) is 3.02. The van der Waals surface area contributed by atoms with Crippen LogP contribution in [0, 0.1) is 0 Å². The number of halogens is 2. The Hall–Kier alpha value is -1.23. The van der Waals surface area contributed by atoms with Crippen LogP contribution in [0.2, 0.25) is 10.0 Å². The van der Waals surface area contributed by atoms with Gasteiger partial charge in [0.2, 0.25) is 0 Å². The van der Waals surface area contributed by atoms with Crippen LogP contribution in [0.5, 0.6) is 5.75 Å². The SMILES string of the molecule is COc1cnn(C(C)C)c1C(O)c1cc(Cl)ccc1Cl. The third-order valence-corrected chi connectivity index (χ3v) is 3.60. The third kappa shape index (κ3) is 2.77. The minimum atomic E-state index is -0.957. The molecule has 0 saturated heterocycles. The molecule has 1 unspecified atom stereocenters. The lowest BCUT2D eigenvalue weighted by molar-refractivity contribution is 0.199. The van der Waals surface area contributed by atoms with Crippen molar-refractivity contribution < 1.29 is 9.84 Å². The second-order valence-electron chi connectivity index (χ2n) is 4.70. The van der Waals surface area contributed by atoms with Gasteiger partial charge in [-0.2, -0.15) is 5.10 Å². The van der Waals surface area contributed by atoms with E-state index in [1.54, 1.807) is 29.1 Å². The minimum absolute atomic E-state index is 0.0847. The Morgan fingerprint density at radius 2 is 2.00 bits per heavy atom. The zero-order valence-electron chi connectivity index (χ0n) is 11.5. The molecule has 108 valence electrons. The fraction of sp³-hybridized carbons (Fsp3) is 0.357. The molecule has 0 radical (unpaired) electrons. The van der Waals surface area contributed by atoms with Crippen LogP contribution < -0.4 is 4.74 Å². The van der Waals surface area contributed by atoms with Crippen LogP contribution in [0.15, 0.2) is 24.4 Å². The Morgan fingerprint density at radius 3 is 2.60 bits per heavy atom. The molecule has 20 heavy (non-hydrogen) atoms. The van der Waals surface area contributed by atoms with Crippen LogP contribution in [0.3, 0.4) is 0 Å². The van der Waals surface area contributed by atoms with Crippen LogP contribution in [-0.2, 0) is 0 Å². The van der Waals surface area contributed by atoms with E-state index in [4.69, 9.17) is 27.9 Å². The monoisotopic (exact) mass is 314 g/mol. The number of aliphatic hydroxyl groups is 1. The quantitative estimate of drug-likeness (QED) is 0.932. The standard InChI is InChI=1S/C14H16Cl2N2O2/c1-8(2)18-13(12(20-3)7-17-18)14(19)10-6-9(15)4-5-11(10)16/h4-8,14,19H,1-3H3. The molecule has 0 saturated carbocycles. The molecule has 0 aliphatic carbocycles. The number of hydrogen-bond acceptors (Lipinski definition) is 3. The van der Waals surface area contributed by atoms with Crippen molar-refractivity contribution in [1.29, 1.82) is 0 Å². The topological polar surface area (TPSA) is 47.3 Å². The molecule has 1 aromatic heterocycles. The van der Waals surface area contributed by atoms with Gasteiger partial charge in [0, 0.05) is 21.7 Å². The van der Waals surface area contributed by atoms with Crippen LogP contribution >= 0.6 is 23.2 Å². The Bertz CT molecular complexity index is 611. The normalized spacial score (nSPS) is 12.8. The van der Waals surface area contributed by atoms with E-state index in [2.05, 4.69) is 5.10 Å². The van der Waals surface area contributed by atoms with E-state index in [0.717, 1.165) is 0 Å². The van der Waals surface area contributed by atoms with Gasteiger partial charge in [0.05, 0.1) is 13.3 Å². The van der Waals surface area contributed by atoms with Gasteiger partial charge in [-0.25, -0.2) is 0 Å². The Morgan fingerprint density at radius 1 is 1.30 bits per heavy atom. The smallest absolute Gasteiger partial charge is 0.163 e. The van der Waals surface area contributed by atoms with Crippen molar-refractivity contribution in [2.75, 3.05) is 7.11 Å². The molecule has 0 aliphatic rings. The van der Waals surface area contributed by atoms with Gasteiger partial charge >= 0.3 is 0 Å². The molecule has 2 aromatic rings. The summed E-state index contributed by atoms with van der Waals surface area (Å²) in [5.41, 5.74) is 1.09. The molecule has 1 heterocycles. The average Bonchev–Trinajstić information content (AvgIpc) is 2.84. The number of methoxy groups -OCH3 is 1. The first kappa shape index (κ1) is 15.2. The van der Waals surface area contributed by atoms with Gasteiger partial charge in [-0.3, -0.25) is 4.68 Å². The molecular weight excluding hydrogens is 299 g/mol. The molecular formula is C14H16Cl2N2O2. The molecule has 0 amide bonds. The molecule has 6 heteroatoms. The summed E-state index contributed by atoms with van der Waals surface area (Å²) in [7, 11) is 1.54. The predicted octanol–water partition coefficient (Wildman–Crippen LogP) is 3.86. The highest BCUT2D eigenvalue weighted by Gasteiger charge is 2.24. The lowest BCUT2D eigenvalue weighted by atomic mass is 10.1. The van der Waals surface area contributed by atoms with Gasteiger partial charge in [0.15, 0.2) is 5.75 Å². The largest absolute Gasteiger partial charge is 0.493 e. The van der Waals surface area contributed by atoms with Crippen LogP contribution in [0.25, 0.3) is 0 Å². The zero-order valence-corrected chi connectivity index (χ0v) is 13.0. The average molecular weight is 315 g/mol. The highest BCUT2D eigenvalue weighted by molar-refractivity contribution is 6.33. The summed E-state index contributed by atoms with van der Waals surface area (Å²) in [6.45, 7) is 3.95. The summed E-state index contributed by atoms with van der Waals surface area (Å²) < 4.78 is 6.98. The van der Waals surface area contributed by atoms with Crippen LogP contribution in [-0.4, -0.2) is 22.0 Å². The maximum atomic E-state index is 10.6. The number of nitrogens with zero attached hydrogens (tertiary/aromatic N) is 2. The molecule has 1 N–H and O–H groups in total. The maximum absolute atomic E-state index is 10.6. The van der Waals surface area contributed by atoms with Crippen LogP contribution in [0.1, 0.15) is 37.3 Å².